The van der Waals surface area contributed by atoms with Crippen molar-refractivity contribution >= 4 is 39.3 Å². The van der Waals surface area contributed by atoms with Crippen LogP contribution in [0.5, 0.6) is 5.75 Å². The standard InChI is InChI=1S/C32H36ClN3O4S/c1-40-31-13-12-28(41(38,39)36-17-15-26(16-18-36)23-25-7-3-2-4-8-25)24-30(31)34-19-21-35(22-20-34)32(37)14-11-27-9-5-6-10-29(27)33/h2-14,24,26H,15-23H2,1H3/b14-11+. The summed E-state index contributed by atoms with van der Waals surface area (Å²) in [6.45, 7) is 3.20. The zero-order chi connectivity index (χ0) is 28.8. The molecule has 5 rings (SSSR count). The van der Waals surface area contributed by atoms with Crippen LogP contribution in [0.1, 0.15) is 24.0 Å². The van der Waals surface area contributed by atoms with Crippen LogP contribution >= 0.6 is 11.6 Å². The number of sulfonamides is 1. The molecule has 0 N–H and O–H groups in total. The number of piperidine rings is 1. The largest absolute Gasteiger partial charge is 0.495 e. The van der Waals surface area contributed by atoms with Gasteiger partial charge in [-0.25, -0.2) is 8.42 Å². The summed E-state index contributed by atoms with van der Waals surface area (Å²) in [7, 11) is -2.05. The van der Waals surface area contributed by atoms with Gasteiger partial charge in [0.1, 0.15) is 5.75 Å². The van der Waals surface area contributed by atoms with Gasteiger partial charge in [0.15, 0.2) is 0 Å². The van der Waals surface area contributed by atoms with Crippen molar-refractivity contribution in [1.29, 1.82) is 0 Å². The maximum Gasteiger partial charge on any atom is 0.246 e. The molecule has 1 amide bonds. The van der Waals surface area contributed by atoms with E-state index in [-0.39, 0.29) is 10.8 Å². The Labute approximate surface area is 248 Å². The van der Waals surface area contributed by atoms with E-state index in [1.165, 1.54) is 5.56 Å². The lowest BCUT2D eigenvalue weighted by Gasteiger charge is -2.36. The van der Waals surface area contributed by atoms with E-state index in [1.54, 1.807) is 52.7 Å². The third kappa shape index (κ3) is 6.94. The monoisotopic (exact) mass is 593 g/mol. The number of hydrogen-bond donors (Lipinski definition) is 0. The quantitative estimate of drug-likeness (QED) is 0.329. The number of piperazine rings is 1. The zero-order valence-corrected chi connectivity index (χ0v) is 24.9. The molecule has 2 fully saturated rings. The van der Waals surface area contributed by atoms with Crippen LogP contribution in [0.15, 0.2) is 83.8 Å². The van der Waals surface area contributed by atoms with Crippen LogP contribution in [-0.4, -0.2) is 69.9 Å². The first-order chi connectivity index (χ1) is 19.8. The third-order valence-electron chi connectivity index (χ3n) is 7.97. The number of methoxy groups -OCH3 is 1. The number of amides is 1. The number of hydrogen-bond acceptors (Lipinski definition) is 5. The fraction of sp³-hybridized carbons (Fsp3) is 0.344. The number of carbonyl (C=O) groups excluding carboxylic acids is 1. The van der Waals surface area contributed by atoms with E-state index in [9.17, 15) is 13.2 Å². The second kappa shape index (κ2) is 13.1. The van der Waals surface area contributed by atoms with Crippen molar-refractivity contribution < 1.29 is 17.9 Å². The van der Waals surface area contributed by atoms with E-state index in [0.29, 0.717) is 56.0 Å². The molecule has 2 aliphatic rings. The summed E-state index contributed by atoms with van der Waals surface area (Å²) in [6, 6.07) is 22.9. The second-order valence-corrected chi connectivity index (χ2v) is 12.9. The number of carbonyl (C=O) groups is 1. The van der Waals surface area contributed by atoms with Crippen LogP contribution in [0.3, 0.4) is 0 Å². The molecule has 7 nitrogen and oxygen atoms in total. The molecule has 0 unspecified atom stereocenters. The van der Waals surface area contributed by atoms with E-state index in [2.05, 4.69) is 17.0 Å². The normalized spacial score (nSPS) is 17.2. The molecular formula is C32H36ClN3O4S. The molecule has 41 heavy (non-hydrogen) atoms. The smallest absolute Gasteiger partial charge is 0.246 e. The number of nitrogens with zero attached hydrogens (tertiary/aromatic N) is 3. The highest BCUT2D eigenvalue weighted by molar-refractivity contribution is 7.89. The van der Waals surface area contributed by atoms with Gasteiger partial charge in [-0.1, -0.05) is 60.1 Å². The van der Waals surface area contributed by atoms with Gasteiger partial charge in [0.2, 0.25) is 15.9 Å². The van der Waals surface area contributed by atoms with E-state index >= 15 is 0 Å². The molecular weight excluding hydrogens is 558 g/mol. The van der Waals surface area contributed by atoms with E-state index in [0.717, 1.165) is 30.5 Å². The first-order valence-corrected chi connectivity index (χ1v) is 15.9. The first-order valence-electron chi connectivity index (χ1n) is 14.0. The highest BCUT2D eigenvalue weighted by atomic mass is 35.5. The molecule has 2 saturated heterocycles. The van der Waals surface area contributed by atoms with Gasteiger partial charge in [0.25, 0.3) is 0 Å². The van der Waals surface area contributed by atoms with Crippen LogP contribution in [-0.2, 0) is 21.2 Å². The molecule has 0 spiro atoms. The Hall–Kier alpha value is -3.33. The van der Waals surface area contributed by atoms with Crippen molar-refractivity contribution in [2.45, 2.75) is 24.2 Å². The Morgan fingerprint density at radius 2 is 1.61 bits per heavy atom. The number of anilines is 1. The fourth-order valence-corrected chi connectivity index (χ4v) is 7.26. The van der Waals surface area contributed by atoms with Crippen LogP contribution < -0.4 is 9.64 Å². The van der Waals surface area contributed by atoms with Gasteiger partial charge < -0.3 is 14.5 Å². The second-order valence-electron chi connectivity index (χ2n) is 10.5. The summed E-state index contributed by atoms with van der Waals surface area (Å²) in [5.41, 5.74) is 2.82. The molecule has 0 aliphatic carbocycles. The van der Waals surface area contributed by atoms with Gasteiger partial charge in [-0.3, -0.25) is 4.79 Å². The van der Waals surface area contributed by atoms with E-state index < -0.39 is 10.0 Å². The Bertz CT molecular complexity index is 1480. The van der Waals surface area contributed by atoms with Gasteiger partial charge in [-0.15, -0.1) is 0 Å². The average Bonchev–Trinajstić information content (AvgIpc) is 3.01. The lowest BCUT2D eigenvalue weighted by Crippen LogP contribution is -2.48. The minimum Gasteiger partial charge on any atom is -0.495 e. The number of rotatable bonds is 8. The van der Waals surface area contributed by atoms with Crippen molar-refractivity contribution in [3.63, 3.8) is 0 Å². The SMILES string of the molecule is COc1ccc(S(=O)(=O)N2CCC(Cc3ccccc3)CC2)cc1N1CCN(C(=O)/C=C/c2ccccc2Cl)CC1. The predicted molar refractivity (Wildman–Crippen MR) is 164 cm³/mol. The summed E-state index contributed by atoms with van der Waals surface area (Å²) in [5.74, 6) is 1.02. The van der Waals surface area contributed by atoms with Crippen molar-refractivity contribution in [3.05, 3.63) is 95.0 Å². The molecule has 2 aliphatic heterocycles. The van der Waals surface area contributed by atoms with Crippen LogP contribution in [0.4, 0.5) is 5.69 Å². The average molecular weight is 594 g/mol. The molecule has 0 radical (unpaired) electrons. The van der Waals surface area contributed by atoms with Gasteiger partial charge in [0.05, 0.1) is 17.7 Å². The topological polar surface area (TPSA) is 70.2 Å². The predicted octanol–water partition coefficient (Wildman–Crippen LogP) is 5.35. The summed E-state index contributed by atoms with van der Waals surface area (Å²) in [4.78, 5) is 17.0. The minimum atomic E-state index is -3.64. The maximum absolute atomic E-state index is 13.6. The van der Waals surface area contributed by atoms with E-state index in [4.69, 9.17) is 16.3 Å². The summed E-state index contributed by atoms with van der Waals surface area (Å²) < 4.78 is 34.5. The maximum atomic E-state index is 13.6. The fourth-order valence-electron chi connectivity index (χ4n) is 5.57. The highest BCUT2D eigenvalue weighted by Gasteiger charge is 2.31. The van der Waals surface area contributed by atoms with Gasteiger partial charge >= 0.3 is 0 Å². The zero-order valence-electron chi connectivity index (χ0n) is 23.3. The van der Waals surface area contributed by atoms with Crippen LogP contribution in [0.2, 0.25) is 5.02 Å². The molecule has 0 saturated carbocycles. The summed E-state index contributed by atoms with van der Waals surface area (Å²) in [6.07, 6.45) is 5.95. The summed E-state index contributed by atoms with van der Waals surface area (Å²) in [5, 5.41) is 0.597. The molecule has 0 bridgehead atoms. The van der Waals surface area contributed by atoms with Gasteiger partial charge in [-0.2, -0.15) is 4.31 Å². The molecule has 2 heterocycles. The molecule has 9 heteroatoms. The number of benzene rings is 3. The van der Waals surface area contributed by atoms with Crippen molar-refractivity contribution in [2.75, 3.05) is 51.3 Å². The Kier molecular flexibility index (Phi) is 9.32. The number of ether oxygens (including phenoxy) is 1. The number of halogens is 1. The molecule has 3 aromatic carbocycles. The van der Waals surface area contributed by atoms with Crippen LogP contribution in [0, 0.1) is 5.92 Å². The minimum absolute atomic E-state index is 0.0801. The van der Waals surface area contributed by atoms with Crippen molar-refractivity contribution in [1.82, 2.24) is 9.21 Å². The van der Waals surface area contributed by atoms with Gasteiger partial charge in [0, 0.05) is 50.4 Å². The Morgan fingerprint density at radius 1 is 0.927 bits per heavy atom. The Balaban J connectivity index is 1.22. The van der Waals surface area contributed by atoms with Crippen molar-refractivity contribution in [3.8, 4) is 5.75 Å². The molecule has 0 aromatic heterocycles. The molecule has 3 aromatic rings. The van der Waals surface area contributed by atoms with E-state index in [1.807, 2.05) is 36.4 Å². The highest BCUT2D eigenvalue weighted by Crippen LogP contribution is 2.34. The molecule has 0 atom stereocenters. The molecule has 216 valence electrons. The van der Waals surface area contributed by atoms with Gasteiger partial charge in [-0.05, 0) is 66.6 Å². The Morgan fingerprint density at radius 3 is 2.29 bits per heavy atom. The summed E-state index contributed by atoms with van der Waals surface area (Å²) >= 11 is 6.20. The lowest BCUT2D eigenvalue weighted by atomic mass is 9.91. The third-order valence-corrected chi connectivity index (χ3v) is 10.2. The van der Waals surface area contributed by atoms with Crippen LogP contribution in [0.25, 0.3) is 6.08 Å². The van der Waals surface area contributed by atoms with Crippen molar-refractivity contribution in [2.24, 2.45) is 5.92 Å². The lowest BCUT2D eigenvalue weighted by molar-refractivity contribution is -0.126. The first kappa shape index (κ1) is 29.2.